The highest BCUT2D eigenvalue weighted by molar-refractivity contribution is 7.98. The summed E-state index contributed by atoms with van der Waals surface area (Å²) in [6, 6.07) is 20.2. The van der Waals surface area contributed by atoms with Gasteiger partial charge in [-0.15, -0.1) is 11.8 Å². The minimum Gasteiger partial charge on any atom is -0.318 e. The molecule has 26 heavy (non-hydrogen) atoms. The Kier molecular flexibility index (Phi) is 4.47. The molecule has 0 saturated carbocycles. The van der Waals surface area contributed by atoms with Gasteiger partial charge in [-0.2, -0.15) is 0 Å². The smallest absolute Gasteiger partial charge is 0.318 e. The number of amides is 2. The summed E-state index contributed by atoms with van der Waals surface area (Å²) in [4.78, 5) is 16.1. The molecule has 0 spiro atoms. The fourth-order valence-corrected chi connectivity index (χ4v) is 3.92. The van der Waals surface area contributed by atoms with Gasteiger partial charge in [0.1, 0.15) is 0 Å². The molecule has 132 valence electrons. The van der Waals surface area contributed by atoms with E-state index in [4.69, 9.17) is 0 Å². The van der Waals surface area contributed by atoms with Crippen LogP contribution in [0.3, 0.4) is 0 Å². The molecule has 2 amide bonds. The molecule has 1 aromatic heterocycles. The number of thioether (sulfide) groups is 1. The molecule has 3 aromatic rings. The van der Waals surface area contributed by atoms with Crippen LogP contribution in [-0.2, 0) is 6.54 Å². The highest BCUT2D eigenvalue weighted by atomic mass is 32.2. The average Bonchev–Trinajstić information content (AvgIpc) is 3.11. The number of carbonyl (C=O) groups excluding carboxylic acids is 1. The molecule has 4 rings (SSSR count). The number of benzene rings is 2. The lowest BCUT2D eigenvalue weighted by atomic mass is 10.1. The highest BCUT2D eigenvalue weighted by Gasteiger charge is 2.28. The number of carbonyl (C=O) groups is 1. The van der Waals surface area contributed by atoms with Gasteiger partial charge in [0.05, 0.1) is 18.3 Å². The summed E-state index contributed by atoms with van der Waals surface area (Å²) in [7, 11) is 0. The van der Waals surface area contributed by atoms with E-state index in [0.29, 0.717) is 6.54 Å². The molecule has 0 unspecified atom stereocenters. The molecule has 4 nitrogen and oxygen atoms in total. The Labute approximate surface area is 157 Å². The monoisotopic (exact) mass is 363 g/mol. The fraction of sp³-hybridized carbons (Fsp3) is 0.190. The number of urea groups is 1. The normalized spacial score (nSPS) is 15.8. The van der Waals surface area contributed by atoms with Gasteiger partial charge in [0.25, 0.3) is 0 Å². The van der Waals surface area contributed by atoms with Gasteiger partial charge in [0.2, 0.25) is 0 Å². The predicted octanol–water partition coefficient (Wildman–Crippen LogP) is 5.31. The summed E-state index contributed by atoms with van der Waals surface area (Å²) in [5.41, 5.74) is 4.21. The number of fused-ring (bicyclic) bond motifs is 3. The quantitative estimate of drug-likeness (QED) is 0.627. The molecule has 1 atom stereocenters. The summed E-state index contributed by atoms with van der Waals surface area (Å²) in [5.74, 6) is 0. The molecular formula is C21H21N3OS. The topological polar surface area (TPSA) is 37.3 Å². The standard InChI is InChI=1S/C21H21N3OS/c1-15-19-11-6-12-23(19)20-10-4-3-7-16(20)14-24(15)21(25)22-17-8-5-9-18(13-17)26-2/h3-13,15H,14H2,1-2H3,(H,22,25)/t15-/m0/s1. The Morgan fingerprint density at radius 2 is 1.96 bits per heavy atom. The first kappa shape index (κ1) is 16.8. The second kappa shape index (κ2) is 6.92. The van der Waals surface area contributed by atoms with Crippen molar-refractivity contribution in [2.24, 2.45) is 0 Å². The summed E-state index contributed by atoms with van der Waals surface area (Å²) in [6.45, 7) is 2.66. The molecular weight excluding hydrogens is 342 g/mol. The van der Waals surface area contributed by atoms with Gasteiger partial charge in [-0.3, -0.25) is 0 Å². The molecule has 0 radical (unpaired) electrons. The molecule has 0 fully saturated rings. The number of aromatic nitrogens is 1. The molecule has 0 saturated heterocycles. The van der Waals surface area contributed by atoms with E-state index in [1.165, 1.54) is 0 Å². The van der Waals surface area contributed by atoms with E-state index in [-0.39, 0.29) is 12.1 Å². The molecule has 1 aliphatic heterocycles. The van der Waals surface area contributed by atoms with Gasteiger partial charge in [-0.1, -0.05) is 24.3 Å². The van der Waals surface area contributed by atoms with E-state index in [1.807, 2.05) is 53.6 Å². The Hall–Kier alpha value is -2.66. The lowest BCUT2D eigenvalue weighted by Gasteiger charge is -2.27. The summed E-state index contributed by atoms with van der Waals surface area (Å²) in [5, 5.41) is 3.06. The summed E-state index contributed by atoms with van der Waals surface area (Å²) in [6.07, 6.45) is 4.09. The van der Waals surface area contributed by atoms with Crippen molar-refractivity contribution in [1.82, 2.24) is 9.47 Å². The lowest BCUT2D eigenvalue weighted by molar-refractivity contribution is 0.189. The third kappa shape index (κ3) is 2.99. The number of hydrogen-bond acceptors (Lipinski definition) is 2. The van der Waals surface area contributed by atoms with Crippen molar-refractivity contribution in [2.75, 3.05) is 11.6 Å². The van der Waals surface area contributed by atoms with Crippen molar-refractivity contribution in [3.8, 4) is 5.69 Å². The molecule has 1 aliphatic rings. The van der Waals surface area contributed by atoms with Gasteiger partial charge < -0.3 is 14.8 Å². The Bertz CT molecular complexity index is 950. The van der Waals surface area contributed by atoms with Crippen LogP contribution in [0.5, 0.6) is 0 Å². The highest BCUT2D eigenvalue weighted by Crippen LogP contribution is 2.32. The van der Waals surface area contributed by atoms with E-state index >= 15 is 0 Å². The number of para-hydroxylation sites is 1. The van der Waals surface area contributed by atoms with Gasteiger partial charge in [0, 0.05) is 22.5 Å². The summed E-state index contributed by atoms with van der Waals surface area (Å²) < 4.78 is 2.18. The van der Waals surface area contributed by atoms with Crippen LogP contribution in [0.2, 0.25) is 0 Å². The molecule has 0 aliphatic carbocycles. The van der Waals surface area contributed by atoms with Crippen LogP contribution in [0.15, 0.2) is 71.8 Å². The second-order valence-electron chi connectivity index (χ2n) is 6.40. The van der Waals surface area contributed by atoms with E-state index in [2.05, 4.69) is 41.2 Å². The number of hydrogen-bond donors (Lipinski definition) is 1. The van der Waals surface area contributed by atoms with E-state index < -0.39 is 0 Å². The van der Waals surface area contributed by atoms with Gasteiger partial charge in [0.15, 0.2) is 0 Å². The van der Waals surface area contributed by atoms with Gasteiger partial charge >= 0.3 is 6.03 Å². The number of anilines is 1. The molecule has 2 heterocycles. The minimum atomic E-state index is -0.0831. The van der Waals surface area contributed by atoms with Crippen LogP contribution < -0.4 is 5.32 Å². The van der Waals surface area contributed by atoms with Crippen molar-refractivity contribution in [1.29, 1.82) is 0 Å². The van der Waals surface area contributed by atoms with Crippen LogP contribution >= 0.6 is 11.8 Å². The van der Waals surface area contributed by atoms with Crippen LogP contribution in [0, 0.1) is 0 Å². The van der Waals surface area contributed by atoms with Crippen LogP contribution in [0.4, 0.5) is 10.5 Å². The maximum atomic E-state index is 13.1. The number of rotatable bonds is 2. The Balaban J connectivity index is 1.67. The second-order valence-corrected chi connectivity index (χ2v) is 7.28. The van der Waals surface area contributed by atoms with Crippen molar-refractivity contribution in [3.63, 3.8) is 0 Å². The van der Waals surface area contributed by atoms with Gasteiger partial charge in [-0.25, -0.2) is 4.79 Å². The predicted molar refractivity (Wildman–Crippen MR) is 107 cm³/mol. The van der Waals surface area contributed by atoms with E-state index in [0.717, 1.165) is 27.5 Å². The zero-order valence-corrected chi connectivity index (χ0v) is 15.7. The van der Waals surface area contributed by atoms with Crippen molar-refractivity contribution < 1.29 is 4.79 Å². The van der Waals surface area contributed by atoms with Gasteiger partial charge in [-0.05, 0) is 55.1 Å². The first-order valence-corrected chi connectivity index (χ1v) is 9.87. The lowest BCUT2D eigenvalue weighted by Crippen LogP contribution is -2.36. The maximum Gasteiger partial charge on any atom is 0.322 e. The van der Waals surface area contributed by atoms with Crippen LogP contribution in [0.1, 0.15) is 24.2 Å². The largest absolute Gasteiger partial charge is 0.322 e. The van der Waals surface area contributed by atoms with Crippen molar-refractivity contribution >= 4 is 23.5 Å². The SMILES string of the molecule is CSc1cccc(NC(=O)N2Cc3ccccc3-n3cccc3[C@@H]2C)c1. The number of nitrogens with one attached hydrogen (secondary N) is 1. The van der Waals surface area contributed by atoms with Crippen LogP contribution in [0.25, 0.3) is 5.69 Å². The maximum absolute atomic E-state index is 13.1. The molecule has 5 heteroatoms. The molecule has 0 bridgehead atoms. The number of nitrogens with zero attached hydrogens (tertiary/aromatic N) is 2. The zero-order valence-electron chi connectivity index (χ0n) is 14.8. The first-order chi connectivity index (χ1) is 12.7. The third-order valence-corrected chi connectivity index (χ3v) is 5.57. The van der Waals surface area contributed by atoms with E-state index in [1.54, 1.807) is 11.8 Å². The minimum absolute atomic E-state index is 0.0267. The zero-order chi connectivity index (χ0) is 18.1. The van der Waals surface area contributed by atoms with Crippen molar-refractivity contribution in [2.45, 2.75) is 24.4 Å². The average molecular weight is 363 g/mol. The molecule has 2 aromatic carbocycles. The Morgan fingerprint density at radius 3 is 2.81 bits per heavy atom. The Morgan fingerprint density at radius 1 is 1.12 bits per heavy atom. The first-order valence-electron chi connectivity index (χ1n) is 8.64. The molecule has 1 N–H and O–H groups in total. The van der Waals surface area contributed by atoms with Crippen molar-refractivity contribution in [3.05, 3.63) is 78.1 Å². The van der Waals surface area contributed by atoms with E-state index in [9.17, 15) is 4.79 Å². The summed E-state index contributed by atoms with van der Waals surface area (Å²) >= 11 is 1.66. The fourth-order valence-electron chi connectivity index (χ4n) is 3.46. The van der Waals surface area contributed by atoms with Crippen LogP contribution in [-0.4, -0.2) is 21.8 Å². The third-order valence-electron chi connectivity index (χ3n) is 4.85.